The summed E-state index contributed by atoms with van der Waals surface area (Å²) in [6.45, 7) is 3.50. The first-order valence-electron chi connectivity index (χ1n) is 15.9. The summed E-state index contributed by atoms with van der Waals surface area (Å²) in [5.74, 6) is -0.0917. The molecule has 0 unspecified atom stereocenters. The van der Waals surface area contributed by atoms with Crippen molar-refractivity contribution in [2.45, 2.75) is 12.8 Å². The highest BCUT2D eigenvalue weighted by Crippen LogP contribution is 2.36. The number of likely N-dealkylation sites (tertiary alicyclic amines) is 1. The molecule has 48 heavy (non-hydrogen) atoms. The van der Waals surface area contributed by atoms with Gasteiger partial charge in [0.2, 0.25) is 0 Å². The van der Waals surface area contributed by atoms with Crippen molar-refractivity contribution in [1.29, 1.82) is 0 Å². The molecular formula is C37H31FN8O2. The van der Waals surface area contributed by atoms with Crippen LogP contribution in [0.4, 0.5) is 10.1 Å². The van der Waals surface area contributed by atoms with E-state index < -0.39 is 0 Å². The third-order valence-corrected chi connectivity index (χ3v) is 8.64. The summed E-state index contributed by atoms with van der Waals surface area (Å²) in [4.78, 5) is 31.9. The number of aromatic nitrogens is 6. The molecule has 0 spiro atoms. The summed E-state index contributed by atoms with van der Waals surface area (Å²) < 4.78 is 20.8. The predicted octanol–water partition coefficient (Wildman–Crippen LogP) is 7.10. The van der Waals surface area contributed by atoms with E-state index in [1.165, 1.54) is 25.0 Å². The monoisotopic (exact) mass is 638 g/mol. The van der Waals surface area contributed by atoms with Gasteiger partial charge in [-0.2, -0.15) is 5.10 Å². The molecule has 0 aliphatic carbocycles. The normalized spacial score (nSPS) is 13.4. The fourth-order valence-corrected chi connectivity index (χ4v) is 6.23. The van der Waals surface area contributed by atoms with E-state index in [1.54, 1.807) is 43.1 Å². The lowest BCUT2D eigenvalue weighted by Crippen LogP contribution is -2.25. The number of fused-ring (bicyclic) bond motifs is 2. The summed E-state index contributed by atoms with van der Waals surface area (Å²) in [7, 11) is 0. The fourth-order valence-electron chi connectivity index (χ4n) is 6.23. The van der Waals surface area contributed by atoms with Gasteiger partial charge in [-0.05, 0) is 74.0 Å². The standard InChI is InChI=1S/C37H31FN8O2/c38-27-12-24(14-29(16-27)48-11-10-46-8-4-5-9-46)32-21-40-22-34-30(32)17-33(43-34)35-31-15-26(19-41-36(31)45-44-35)25-13-28(20-39-18-25)42-37(47)23-6-2-1-3-7-23/h1-3,6-7,12-22,43H,4-5,8-11H2,(H,42,47)(H,41,44,45). The third kappa shape index (κ3) is 5.98. The van der Waals surface area contributed by atoms with Gasteiger partial charge in [0.25, 0.3) is 5.91 Å². The van der Waals surface area contributed by atoms with E-state index in [-0.39, 0.29) is 11.7 Å². The van der Waals surface area contributed by atoms with E-state index in [0.29, 0.717) is 40.5 Å². The SMILES string of the molecule is O=C(Nc1cncc(-c2cnc3[nH]nc(-c4cc5c(-c6cc(F)cc(OCCN7CCCC7)c6)cncc5[nH]4)c3c2)c1)c1ccccc1. The first-order chi connectivity index (χ1) is 23.6. The number of ether oxygens (including phenoxy) is 1. The van der Waals surface area contributed by atoms with Gasteiger partial charge in [0.1, 0.15) is 23.9 Å². The number of benzene rings is 2. The van der Waals surface area contributed by atoms with E-state index in [4.69, 9.17) is 4.74 Å². The molecule has 1 amide bonds. The molecule has 0 radical (unpaired) electrons. The molecule has 7 aromatic rings. The van der Waals surface area contributed by atoms with Gasteiger partial charge in [-0.1, -0.05) is 18.2 Å². The second-order valence-corrected chi connectivity index (χ2v) is 11.9. The van der Waals surface area contributed by atoms with Gasteiger partial charge in [-0.15, -0.1) is 0 Å². The van der Waals surface area contributed by atoms with Crippen LogP contribution in [0, 0.1) is 5.82 Å². The van der Waals surface area contributed by atoms with Gasteiger partial charge < -0.3 is 15.0 Å². The lowest BCUT2D eigenvalue weighted by molar-refractivity contribution is 0.102. The number of pyridine rings is 3. The van der Waals surface area contributed by atoms with Crippen LogP contribution in [0.25, 0.3) is 55.6 Å². The highest BCUT2D eigenvalue weighted by atomic mass is 19.1. The number of aromatic amines is 2. The molecule has 0 atom stereocenters. The summed E-state index contributed by atoms with van der Waals surface area (Å²) >= 11 is 0. The number of rotatable bonds is 9. The molecule has 238 valence electrons. The van der Waals surface area contributed by atoms with Crippen LogP contribution in [-0.4, -0.2) is 67.2 Å². The zero-order valence-electron chi connectivity index (χ0n) is 25.9. The molecule has 1 fully saturated rings. The maximum absolute atomic E-state index is 14.8. The number of amides is 1. The number of carbonyl (C=O) groups is 1. The van der Waals surface area contributed by atoms with Crippen LogP contribution in [0.1, 0.15) is 23.2 Å². The van der Waals surface area contributed by atoms with Crippen molar-refractivity contribution in [3.05, 3.63) is 109 Å². The van der Waals surface area contributed by atoms with Gasteiger partial charge in [0, 0.05) is 64.2 Å². The van der Waals surface area contributed by atoms with Gasteiger partial charge >= 0.3 is 0 Å². The van der Waals surface area contributed by atoms with Crippen molar-refractivity contribution in [3.63, 3.8) is 0 Å². The Kier molecular flexibility index (Phi) is 7.79. The third-order valence-electron chi connectivity index (χ3n) is 8.64. The van der Waals surface area contributed by atoms with E-state index in [2.05, 4.69) is 40.3 Å². The summed E-state index contributed by atoms with van der Waals surface area (Å²) in [5, 5.41) is 12.2. The Morgan fingerprint density at radius 2 is 1.71 bits per heavy atom. The first kappa shape index (κ1) is 29.5. The van der Waals surface area contributed by atoms with Crippen molar-refractivity contribution >= 4 is 33.5 Å². The Morgan fingerprint density at radius 3 is 2.58 bits per heavy atom. The molecular weight excluding hydrogens is 607 g/mol. The maximum atomic E-state index is 14.8. The summed E-state index contributed by atoms with van der Waals surface area (Å²) in [6, 6.07) is 19.7. The molecule has 3 N–H and O–H groups in total. The number of halogens is 1. The Bertz CT molecular complexity index is 2260. The van der Waals surface area contributed by atoms with E-state index in [9.17, 15) is 9.18 Å². The molecule has 2 aromatic carbocycles. The highest BCUT2D eigenvalue weighted by molar-refractivity contribution is 6.04. The molecule has 8 rings (SSSR count). The second kappa shape index (κ2) is 12.7. The van der Waals surface area contributed by atoms with Gasteiger partial charge in [-0.3, -0.25) is 24.8 Å². The smallest absolute Gasteiger partial charge is 0.255 e. The Labute approximate surface area is 275 Å². The molecule has 1 aliphatic rings. The van der Waals surface area contributed by atoms with Crippen LogP contribution in [0.3, 0.4) is 0 Å². The van der Waals surface area contributed by atoms with Gasteiger partial charge in [-0.25, -0.2) is 9.37 Å². The Balaban J connectivity index is 1.08. The maximum Gasteiger partial charge on any atom is 0.255 e. The summed E-state index contributed by atoms with van der Waals surface area (Å²) in [6.07, 6.45) is 11.0. The van der Waals surface area contributed by atoms with Gasteiger partial charge in [0.15, 0.2) is 5.65 Å². The van der Waals surface area contributed by atoms with Crippen LogP contribution in [-0.2, 0) is 0 Å². The van der Waals surface area contributed by atoms with Gasteiger partial charge in [0.05, 0.1) is 29.3 Å². The van der Waals surface area contributed by atoms with Crippen molar-refractivity contribution in [2.75, 3.05) is 31.6 Å². The zero-order valence-corrected chi connectivity index (χ0v) is 25.9. The number of nitrogens with zero attached hydrogens (tertiary/aromatic N) is 5. The topological polar surface area (TPSA) is 125 Å². The number of hydrogen-bond donors (Lipinski definition) is 3. The minimum absolute atomic E-state index is 0.215. The van der Waals surface area contributed by atoms with Crippen molar-refractivity contribution < 1.29 is 13.9 Å². The molecule has 6 heterocycles. The number of anilines is 1. The number of hydrogen-bond acceptors (Lipinski definition) is 7. The molecule has 5 aromatic heterocycles. The van der Waals surface area contributed by atoms with Crippen molar-refractivity contribution in [3.8, 4) is 39.4 Å². The highest BCUT2D eigenvalue weighted by Gasteiger charge is 2.17. The second-order valence-electron chi connectivity index (χ2n) is 11.9. The summed E-state index contributed by atoms with van der Waals surface area (Å²) in [5.41, 5.74) is 7.02. The van der Waals surface area contributed by atoms with Crippen LogP contribution in [0.2, 0.25) is 0 Å². The largest absolute Gasteiger partial charge is 0.492 e. The quantitative estimate of drug-likeness (QED) is 0.154. The fraction of sp³-hybridized carbons (Fsp3) is 0.162. The zero-order chi connectivity index (χ0) is 32.5. The Morgan fingerprint density at radius 1 is 0.875 bits per heavy atom. The average molecular weight is 639 g/mol. The van der Waals surface area contributed by atoms with E-state index >= 15 is 0 Å². The van der Waals surface area contributed by atoms with Crippen LogP contribution in [0.15, 0.2) is 97.7 Å². The molecule has 11 heteroatoms. The molecule has 1 saturated heterocycles. The average Bonchev–Trinajstić information content (AvgIpc) is 3.88. The molecule has 1 aliphatic heterocycles. The number of nitrogens with one attached hydrogen (secondary N) is 3. The number of H-pyrrole nitrogens is 2. The van der Waals surface area contributed by atoms with E-state index in [1.807, 2.05) is 42.5 Å². The minimum atomic E-state index is -0.369. The Hall–Kier alpha value is -5.94. The predicted molar refractivity (Wildman–Crippen MR) is 183 cm³/mol. The van der Waals surface area contributed by atoms with Crippen molar-refractivity contribution in [2.24, 2.45) is 0 Å². The minimum Gasteiger partial charge on any atom is -0.492 e. The van der Waals surface area contributed by atoms with E-state index in [0.717, 1.165) is 58.3 Å². The van der Waals surface area contributed by atoms with Crippen LogP contribution >= 0.6 is 0 Å². The van der Waals surface area contributed by atoms with Crippen LogP contribution in [0.5, 0.6) is 5.75 Å². The molecule has 0 bridgehead atoms. The number of carbonyl (C=O) groups excluding carboxylic acids is 1. The van der Waals surface area contributed by atoms with Crippen LogP contribution < -0.4 is 10.1 Å². The lowest BCUT2D eigenvalue weighted by atomic mass is 10.0. The van der Waals surface area contributed by atoms with Crippen molar-refractivity contribution in [1.82, 2.24) is 35.0 Å². The first-order valence-corrected chi connectivity index (χ1v) is 15.9. The molecule has 10 nitrogen and oxygen atoms in total. The molecule has 0 saturated carbocycles. The lowest BCUT2D eigenvalue weighted by Gasteiger charge is -2.15.